The molecule has 24 heavy (non-hydrogen) atoms. The van der Waals surface area contributed by atoms with E-state index in [0.29, 0.717) is 19.7 Å². The van der Waals surface area contributed by atoms with Crippen molar-refractivity contribution in [1.29, 1.82) is 0 Å². The lowest BCUT2D eigenvalue weighted by Crippen LogP contribution is -2.47. The number of carbonyl (C=O) groups excluding carboxylic acids is 1. The number of morpholine rings is 1. The Morgan fingerprint density at radius 2 is 2.38 bits per heavy atom. The second-order valence-corrected chi connectivity index (χ2v) is 7.18. The average Bonchev–Trinajstić information content (AvgIpc) is 3.23. The second-order valence-electron chi connectivity index (χ2n) is 5.92. The normalized spacial score (nSPS) is 19.3. The molecule has 0 saturated carbocycles. The number of rotatable bonds is 4. The summed E-state index contributed by atoms with van der Waals surface area (Å²) < 4.78 is 7.68. The quantitative estimate of drug-likeness (QED) is 0.920. The molecular weight excluding hydrogens is 326 g/mol. The van der Waals surface area contributed by atoms with Gasteiger partial charge in [-0.2, -0.15) is 5.10 Å². The number of aryl methyl sites for hydroxylation is 2. The molecule has 0 aromatic carbocycles. The third-order valence-corrected chi connectivity index (χ3v) is 5.15. The minimum Gasteiger partial charge on any atom is -0.370 e. The Morgan fingerprint density at radius 3 is 3.04 bits per heavy atom. The Morgan fingerprint density at radius 1 is 1.54 bits per heavy atom. The first-order chi connectivity index (χ1) is 11.6. The Bertz CT molecular complexity index is 698. The topological polar surface area (TPSA) is 72.3 Å². The van der Waals surface area contributed by atoms with Crippen LogP contribution in [-0.4, -0.2) is 45.4 Å². The Hall–Kier alpha value is -1.93. The van der Waals surface area contributed by atoms with E-state index >= 15 is 0 Å². The van der Waals surface area contributed by atoms with Crippen LogP contribution in [0.3, 0.4) is 0 Å². The number of nitrogens with zero attached hydrogens (tertiary/aromatic N) is 4. The fourth-order valence-electron chi connectivity index (χ4n) is 2.66. The van der Waals surface area contributed by atoms with Gasteiger partial charge in [-0.3, -0.25) is 4.68 Å². The highest BCUT2D eigenvalue weighted by atomic mass is 32.1. The number of thiazole rings is 1. The Kier molecular flexibility index (Phi) is 5.15. The summed E-state index contributed by atoms with van der Waals surface area (Å²) in [5.74, 6) is 0. The summed E-state index contributed by atoms with van der Waals surface area (Å²) in [5.41, 5.74) is 1.01. The van der Waals surface area contributed by atoms with Crippen LogP contribution in [-0.2, 0) is 11.3 Å². The van der Waals surface area contributed by atoms with E-state index in [-0.39, 0.29) is 18.2 Å². The highest BCUT2D eigenvalue weighted by Gasteiger charge is 2.27. The highest BCUT2D eigenvalue weighted by Crippen LogP contribution is 2.23. The van der Waals surface area contributed by atoms with Crippen molar-refractivity contribution in [2.24, 2.45) is 0 Å². The SMILES string of the molecule is CCn1cc([C@H]2CN(C(=O)N[C@H](C)c3ncc(C)s3)CCO2)cn1. The van der Waals surface area contributed by atoms with Crippen LogP contribution in [0, 0.1) is 6.92 Å². The maximum absolute atomic E-state index is 12.5. The number of carbonyl (C=O) groups is 1. The number of hydrogen-bond donors (Lipinski definition) is 1. The van der Waals surface area contributed by atoms with Crippen LogP contribution in [0.15, 0.2) is 18.6 Å². The molecule has 1 aliphatic rings. The van der Waals surface area contributed by atoms with Crippen molar-refractivity contribution in [2.75, 3.05) is 19.7 Å². The molecule has 2 atom stereocenters. The van der Waals surface area contributed by atoms with E-state index in [1.54, 1.807) is 16.2 Å². The van der Waals surface area contributed by atoms with E-state index in [9.17, 15) is 4.79 Å². The minimum absolute atomic E-state index is 0.0773. The van der Waals surface area contributed by atoms with Crippen molar-refractivity contribution in [3.05, 3.63) is 34.0 Å². The van der Waals surface area contributed by atoms with Gasteiger partial charge in [0.2, 0.25) is 0 Å². The number of hydrogen-bond acceptors (Lipinski definition) is 5. The number of nitrogens with one attached hydrogen (secondary N) is 1. The maximum atomic E-state index is 12.5. The highest BCUT2D eigenvalue weighted by molar-refractivity contribution is 7.11. The fraction of sp³-hybridized carbons (Fsp3) is 0.562. The second kappa shape index (κ2) is 7.31. The van der Waals surface area contributed by atoms with Crippen molar-refractivity contribution in [1.82, 2.24) is 25.0 Å². The molecule has 3 rings (SSSR count). The molecule has 0 unspecified atom stereocenters. The van der Waals surface area contributed by atoms with Crippen LogP contribution < -0.4 is 5.32 Å². The maximum Gasteiger partial charge on any atom is 0.318 e. The zero-order chi connectivity index (χ0) is 17.1. The van der Waals surface area contributed by atoms with Crippen LogP contribution >= 0.6 is 11.3 Å². The third kappa shape index (κ3) is 3.76. The smallest absolute Gasteiger partial charge is 0.318 e. The third-order valence-electron chi connectivity index (χ3n) is 4.05. The van der Waals surface area contributed by atoms with E-state index in [4.69, 9.17) is 4.74 Å². The molecule has 0 aliphatic carbocycles. The summed E-state index contributed by atoms with van der Waals surface area (Å²) in [4.78, 5) is 19.8. The molecule has 8 heteroatoms. The van der Waals surface area contributed by atoms with E-state index in [1.807, 2.05) is 44.0 Å². The summed E-state index contributed by atoms with van der Waals surface area (Å²) in [7, 11) is 0. The number of amides is 2. The minimum atomic E-state index is -0.123. The van der Waals surface area contributed by atoms with Crippen molar-refractivity contribution in [3.63, 3.8) is 0 Å². The molecule has 0 radical (unpaired) electrons. The lowest BCUT2D eigenvalue weighted by Gasteiger charge is -2.33. The first-order valence-corrected chi connectivity index (χ1v) is 9.00. The summed E-state index contributed by atoms with van der Waals surface area (Å²) in [6.07, 6.45) is 5.50. The summed E-state index contributed by atoms with van der Waals surface area (Å²) in [5, 5.41) is 8.23. The van der Waals surface area contributed by atoms with Crippen molar-refractivity contribution in [3.8, 4) is 0 Å². The largest absolute Gasteiger partial charge is 0.370 e. The lowest BCUT2D eigenvalue weighted by atomic mass is 10.1. The lowest BCUT2D eigenvalue weighted by molar-refractivity contribution is -0.0157. The molecule has 1 aliphatic heterocycles. The van der Waals surface area contributed by atoms with E-state index < -0.39 is 0 Å². The van der Waals surface area contributed by atoms with Gasteiger partial charge in [-0.1, -0.05) is 0 Å². The van der Waals surface area contributed by atoms with Gasteiger partial charge in [-0.05, 0) is 20.8 Å². The van der Waals surface area contributed by atoms with Crippen LogP contribution in [0.5, 0.6) is 0 Å². The van der Waals surface area contributed by atoms with Gasteiger partial charge in [-0.15, -0.1) is 11.3 Å². The molecule has 0 bridgehead atoms. The summed E-state index contributed by atoms with van der Waals surface area (Å²) in [6.45, 7) is 8.48. The van der Waals surface area contributed by atoms with Crippen LogP contribution in [0.2, 0.25) is 0 Å². The van der Waals surface area contributed by atoms with Gasteiger partial charge in [0.1, 0.15) is 11.1 Å². The predicted octanol–water partition coefficient (Wildman–Crippen LogP) is 2.51. The molecule has 2 aromatic rings. The number of aromatic nitrogens is 3. The fourth-order valence-corrected chi connectivity index (χ4v) is 3.44. The molecule has 2 amide bonds. The summed E-state index contributed by atoms with van der Waals surface area (Å²) in [6, 6.07) is -0.174. The van der Waals surface area contributed by atoms with Gasteiger partial charge < -0.3 is 15.0 Å². The zero-order valence-electron chi connectivity index (χ0n) is 14.2. The molecule has 7 nitrogen and oxygen atoms in total. The van der Waals surface area contributed by atoms with E-state index in [2.05, 4.69) is 15.4 Å². The van der Waals surface area contributed by atoms with Crippen LogP contribution in [0.1, 0.15) is 41.4 Å². The van der Waals surface area contributed by atoms with Crippen molar-refractivity contribution in [2.45, 2.75) is 39.5 Å². The number of ether oxygens (including phenoxy) is 1. The first-order valence-electron chi connectivity index (χ1n) is 8.18. The van der Waals surface area contributed by atoms with Crippen LogP contribution in [0.25, 0.3) is 0 Å². The molecule has 1 saturated heterocycles. The molecule has 130 valence electrons. The molecule has 2 aromatic heterocycles. The van der Waals surface area contributed by atoms with Gasteiger partial charge in [0.15, 0.2) is 0 Å². The van der Waals surface area contributed by atoms with Gasteiger partial charge >= 0.3 is 6.03 Å². The van der Waals surface area contributed by atoms with E-state index in [0.717, 1.165) is 22.0 Å². The first kappa shape index (κ1) is 16.9. The van der Waals surface area contributed by atoms with Gasteiger partial charge in [-0.25, -0.2) is 9.78 Å². The number of urea groups is 1. The molecule has 1 N–H and O–H groups in total. The van der Waals surface area contributed by atoms with Gasteiger partial charge in [0.05, 0.1) is 25.4 Å². The van der Waals surface area contributed by atoms with Gasteiger partial charge in [0.25, 0.3) is 0 Å². The zero-order valence-corrected chi connectivity index (χ0v) is 15.0. The van der Waals surface area contributed by atoms with Crippen molar-refractivity contribution >= 4 is 17.4 Å². The van der Waals surface area contributed by atoms with Gasteiger partial charge in [0, 0.05) is 35.9 Å². The molecule has 1 fully saturated rings. The molecular formula is C16H23N5O2S. The van der Waals surface area contributed by atoms with Crippen molar-refractivity contribution < 1.29 is 9.53 Å². The summed E-state index contributed by atoms with van der Waals surface area (Å²) >= 11 is 1.61. The molecule has 0 spiro atoms. The Labute approximate surface area is 145 Å². The average molecular weight is 349 g/mol. The Balaban J connectivity index is 1.60. The molecule has 3 heterocycles. The van der Waals surface area contributed by atoms with Crippen LogP contribution in [0.4, 0.5) is 4.79 Å². The standard InChI is InChI=1S/C16H23N5O2S/c1-4-21-9-13(8-18-21)14-10-20(5-6-23-14)16(22)19-12(3)15-17-7-11(2)24-15/h7-9,12,14H,4-6,10H2,1-3H3,(H,19,22)/t12-,14-/m1/s1. The predicted molar refractivity (Wildman–Crippen MR) is 92.0 cm³/mol. The van der Waals surface area contributed by atoms with E-state index in [1.165, 1.54) is 0 Å². The monoisotopic (exact) mass is 349 g/mol.